The molecule has 20 heteroatoms. The summed E-state index contributed by atoms with van der Waals surface area (Å²) in [4.78, 5) is 0. The first-order chi connectivity index (χ1) is 20.7. The Morgan fingerprint density at radius 1 is 0.455 bits per heavy atom. The Balaban J connectivity index is 1.38. The summed E-state index contributed by atoms with van der Waals surface area (Å²) >= 11 is 0. The second kappa shape index (κ2) is 15.0. The SMILES string of the molecule is C[C@@H]1O[C@@H](O[C@H]2[C@@H](O)[C@@H](CO[C@H]3O[C@H](CO)[C@@H](O)[C@H](O)[C@H]3O)OC(O)[C@@H]2O)[C@H](O)[C@H](O)[C@H]1O[C@H]1O[C@H](CO)[C@@H](O)[C@H](O)[C@@H]1O. The summed E-state index contributed by atoms with van der Waals surface area (Å²) in [5.41, 5.74) is 0. The Kier molecular flexibility index (Phi) is 12.3. The first kappa shape index (κ1) is 36.0. The molecule has 258 valence electrons. The Morgan fingerprint density at radius 2 is 0.932 bits per heavy atom. The van der Waals surface area contributed by atoms with Gasteiger partial charge in [0.15, 0.2) is 25.2 Å². The largest absolute Gasteiger partial charge is 0.394 e. The van der Waals surface area contributed by atoms with Gasteiger partial charge in [-0.2, -0.15) is 0 Å². The second-order valence-electron chi connectivity index (χ2n) is 11.2. The second-order valence-corrected chi connectivity index (χ2v) is 11.2. The summed E-state index contributed by atoms with van der Waals surface area (Å²) in [5.74, 6) is 0. The highest BCUT2D eigenvalue weighted by Gasteiger charge is 2.53. The summed E-state index contributed by atoms with van der Waals surface area (Å²) < 4.78 is 37.7. The molecule has 4 aliphatic rings. The summed E-state index contributed by atoms with van der Waals surface area (Å²) in [6.07, 6.45) is -33.3. The van der Waals surface area contributed by atoms with Crippen molar-refractivity contribution in [3.05, 3.63) is 0 Å². The Morgan fingerprint density at radius 3 is 1.50 bits per heavy atom. The standard InChI is InChI=1S/C24H42O20/c1-5-19(43-24-16(34)13(31)10(28)7(3-26)42-24)14(32)17(35)23(39-5)44-20-11(29)8(40-21(37)18(20)36)4-38-22-15(33)12(30)9(27)6(2-25)41-22/h5-37H,2-4H2,1H3/t5-,6+,7+,8+,9+,10+,11-,12-,13-,14-,15+,16-,17+,18+,19-,20-,21?,22-,23-,24+/m0/s1. The number of rotatable bonds is 9. The van der Waals surface area contributed by atoms with Crippen LogP contribution in [0, 0.1) is 0 Å². The number of aliphatic hydroxyl groups is 13. The Bertz CT molecular complexity index is 898. The van der Waals surface area contributed by atoms with Crippen LogP contribution in [0.15, 0.2) is 0 Å². The van der Waals surface area contributed by atoms with Crippen LogP contribution in [-0.4, -0.2) is 209 Å². The maximum atomic E-state index is 10.9. The number of hydrogen-bond acceptors (Lipinski definition) is 20. The fraction of sp³-hybridized carbons (Fsp3) is 1.00. The van der Waals surface area contributed by atoms with E-state index in [1.807, 2.05) is 0 Å². The minimum absolute atomic E-state index is 0.643. The van der Waals surface area contributed by atoms with E-state index in [4.69, 9.17) is 33.2 Å². The lowest BCUT2D eigenvalue weighted by Crippen LogP contribution is -2.66. The van der Waals surface area contributed by atoms with Gasteiger partial charge in [-0.05, 0) is 6.92 Å². The topological polar surface area (TPSA) is 328 Å². The van der Waals surface area contributed by atoms with Crippen molar-refractivity contribution in [3.63, 3.8) is 0 Å². The number of ether oxygens (including phenoxy) is 7. The molecule has 4 rings (SSSR count). The number of aliphatic hydroxyl groups excluding tert-OH is 13. The molecule has 4 heterocycles. The third kappa shape index (κ3) is 7.19. The molecular weight excluding hydrogens is 608 g/mol. The van der Waals surface area contributed by atoms with Gasteiger partial charge in [0, 0.05) is 0 Å². The molecule has 20 atom stereocenters. The molecule has 0 aliphatic carbocycles. The average molecular weight is 651 g/mol. The molecule has 0 bridgehead atoms. The van der Waals surface area contributed by atoms with Crippen molar-refractivity contribution in [2.45, 2.75) is 130 Å². The van der Waals surface area contributed by atoms with Crippen molar-refractivity contribution < 1.29 is 99.5 Å². The van der Waals surface area contributed by atoms with Crippen molar-refractivity contribution in [2.75, 3.05) is 19.8 Å². The average Bonchev–Trinajstić information content (AvgIpc) is 3.00. The normalized spacial score (nSPS) is 53.9. The first-order valence-corrected chi connectivity index (χ1v) is 14.0. The number of hydrogen-bond donors (Lipinski definition) is 13. The molecular formula is C24H42O20. The highest BCUT2D eigenvalue weighted by Crippen LogP contribution is 2.32. The van der Waals surface area contributed by atoms with E-state index in [1.54, 1.807) is 0 Å². The lowest BCUT2D eigenvalue weighted by molar-refractivity contribution is -0.376. The van der Waals surface area contributed by atoms with Crippen molar-refractivity contribution in [3.8, 4) is 0 Å². The minimum Gasteiger partial charge on any atom is -0.394 e. The Hall–Kier alpha value is -0.800. The third-order valence-electron chi connectivity index (χ3n) is 8.14. The van der Waals surface area contributed by atoms with E-state index in [2.05, 4.69) is 0 Å². The van der Waals surface area contributed by atoms with Gasteiger partial charge in [0.05, 0.1) is 25.9 Å². The summed E-state index contributed by atoms with van der Waals surface area (Å²) in [7, 11) is 0. The zero-order valence-corrected chi connectivity index (χ0v) is 23.3. The van der Waals surface area contributed by atoms with Crippen molar-refractivity contribution in [2.24, 2.45) is 0 Å². The fourth-order valence-electron chi connectivity index (χ4n) is 5.41. The maximum Gasteiger partial charge on any atom is 0.187 e. The van der Waals surface area contributed by atoms with Gasteiger partial charge in [-0.1, -0.05) is 0 Å². The van der Waals surface area contributed by atoms with Gasteiger partial charge in [0.25, 0.3) is 0 Å². The predicted octanol–water partition coefficient (Wildman–Crippen LogP) is -8.72. The molecule has 0 radical (unpaired) electrons. The van der Waals surface area contributed by atoms with E-state index in [9.17, 15) is 66.4 Å². The molecule has 0 spiro atoms. The molecule has 0 saturated carbocycles. The van der Waals surface area contributed by atoms with Gasteiger partial charge >= 0.3 is 0 Å². The van der Waals surface area contributed by atoms with Crippen LogP contribution in [0.4, 0.5) is 0 Å². The van der Waals surface area contributed by atoms with Gasteiger partial charge in [-0.3, -0.25) is 0 Å². The quantitative estimate of drug-likeness (QED) is 0.110. The van der Waals surface area contributed by atoms with Crippen LogP contribution < -0.4 is 0 Å². The first-order valence-electron chi connectivity index (χ1n) is 14.0. The van der Waals surface area contributed by atoms with Gasteiger partial charge in [0.1, 0.15) is 91.6 Å². The van der Waals surface area contributed by atoms with E-state index < -0.39 is 143 Å². The van der Waals surface area contributed by atoms with Gasteiger partial charge in [-0.15, -0.1) is 0 Å². The van der Waals surface area contributed by atoms with Crippen LogP contribution in [0.1, 0.15) is 6.92 Å². The smallest absolute Gasteiger partial charge is 0.187 e. The van der Waals surface area contributed by atoms with E-state index >= 15 is 0 Å². The van der Waals surface area contributed by atoms with Crippen LogP contribution in [0.5, 0.6) is 0 Å². The molecule has 1 unspecified atom stereocenters. The van der Waals surface area contributed by atoms with Crippen LogP contribution >= 0.6 is 0 Å². The highest BCUT2D eigenvalue weighted by molar-refractivity contribution is 4.96. The van der Waals surface area contributed by atoms with Crippen LogP contribution in [0.25, 0.3) is 0 Å². The van der Waals surface area contributed by atoms with Gasteiger partial charge in [-0.25, -0.2) is 0 Å². The molecule has 4 fully saturated rings. The van der Waals surface area contributed by atoms with Crippen molar-refractivity contribution in [1.29, 1.82) is 0 Å². The summed E-state index contributed by atoms with van der Waals surface area (Å²) in [5, 5.41) is 132. The highest BCUT2D eigenvalue weighted by atomic mass is 16.8. The van der Waals surface area contributed by atoms with Crippen molar-refractivity contribution in [1.82, 2.24) is 0 Å². The lowest BCUT2D eigenvalue weighted by atomic mass is 9.96. The minimum atomic E-state index is -1.97. The summed E-state index contributed by atoms with van der Waals surface area (Å²) in [6, 6.07) is 0. The maximum absolute atomic E-state index is 10.9. The zero-order valence-electron chi connectivity index (χ0n) is 23.3. The lowest BCUT2D eigenvalue weighted by Gasteiger charge is -2.47. The molecule has 0 amide bonds. The predicted molar refractivity (Wildman–Crippen MR) is 132 cm³/mol. The molecule has 0 aromatic heterocycles. The van der Waals surface area contributed by atoms with Crippen LogP contribution in [0.3, 0.4) is 0 Å². The molecule has 0 aromatic carbocycles. The molecule has 44 heavy (non-hydrogen) atoms. The molecule has 13 N–H and O–H groups in total. The molecule has 4 saturated heterocycles. The summed E-state index contributed by atoms with van der Waals surface area (Å²) in [6.45, 7) is -0.742. The van der Waals surface area contributed by atoms with Crippen LogP contribution in [-0.2, 0) is 33.2 Å². The molecule has 4 aliphatic heterocycles. The van der Waals surface area contributed by atoms with Crippen molar-refractivity contribution >= 4 is 0 Å². The Labute approximate surface area is 249 Å². The zero-order chi connectivity index (χ0) is 32.6. The third-order valence-corrected chi connectivity index (χ3v) is 8.14. The monoisotopic (exact) mass is 650 g/mol. The van der Waals surface area contributed by atoms with E-state index in [0.717, 1.165) is 0 Å². The van der Waals surface area contributed by atoms with Gasteiger partial charge in [0.2, 0.25) is 0 Å². The van der Waals surface area contributed by atoms with Crippen LogP contribution in [0.2, 0.25) is 0 Å². The van der Waals surface area contributed by atoms with Gasteiger partial charge < -0.3 is 99.5 Å². The molecule has 20 nitrogen and oxygen atoms in total. The van der Waals surface area contributed by atoms with E-state index in [0.29, 0.717) is 0 Å². The van der Waals surface area contributed by atoms with E-state index in [1.165, 1.54) is 6.92 Å². The fourth-order valence-corrected chi connectivity index (χ4v) is 5.41. The molecule has 0 aromatic rings. The van der Waals surface area contributed by atoms with E-state index in [-0.39, 0.29) is 0 Å².